The van der Waals surface area contributed by atoms with Crippen LogP contribution < -0.4 is 10.6 Å². The first kappa shape index (κ1) is 20.8. The SMILES string of the molecule is CCN(CC)C(=O)c1cccc(NC(=O)CC2CSCCN2)c1.Cl. The maximum absolute atomic E-state index is 12.4. The van der Waals surface area contributed by atoms with E-state index in [-0.39, 0.29) is 30.3 Å². The number of benzene rings is 1. The lowest BCUT2D eigenvalue weighted by Gasteiger charge is -2.22. The Balaban J connectivity index is 0.00000288. The molecule has 1 aromatic carbocycles. The summed E-state index contributed by atoms with van der Waals surface area (Å²) in [5, 5.41) is 6.25. The van der Waals surface area contributed by atoms with Crippen LogP contribution in [-0.2, 0) is 4.79 Å². The van der Waals surface area contributed by atoms with E-state index >= 15 is 0 Å². The van der Waals surface area contributed by atoms with Gasteiger partial charge < -0.3 is 15.5 Å². The maximum atomic E-state index is 12.4. The molecular formula is C17H26ClN3O2S. The molecule has 2 amide bonds. The van der Waals surface area contributed by atoms with Gasteiger partial charge in [0.25, 0.3) is 5.91 Å². The average molecular weight is 372 g/mol. The van der Waals surface area contributed by atoms with Gasteiger partial charge in [-0.15, -0.1) is 12.4 Å². The van der Waals surface area contributed by atoms with Crippen LogP contribution in [0.2, 0.25) is 0 Å². The zero-order valence-electron chi connectivity index (χ0n) is 14.2. The van der Waals surface area contributed by atoms with Crippen molar-refractivity contribution >= 4 is 41.7 Å². The van der Waals surface area contributed by atoms with Crippen LogP contribution in [-0.4, -0.2) is 53.9 Å². The molecule has 0 spiro atoms. The number of hydrogen-bond acceptors (Lipinski definition) is 4. The summed E-state index contributed by atoms with van der Waals surface area (Å²) in [7, 11) is 0. The van der Waals surface area contributed by atoms with Crippen LogP contribution in [0.1, 0.15) is 30.6 Å². The summed E-state index contributed by atoms with van der Waals surface area (Å²) in [4.78, 5) is 26.3. The largest absolute Gasteiger partial charge is 0.339 e. The van der Waals surface area contributed by atoms with Gasteiger partial charge in [-0.05, 0) is 32.0 Å². The van der Waals surface area contributed by atoms with Crippen molar-refractivity contribution in [2.24, 2.45) is 0 Å². The van der Waals surface area contributed by atoms with Crippen molar-refractivity contribution in [1.82, 2.24) is 10.2 Å². The molecular weight excluding hydrogens is 346 g/mol. The summed E-state index contributed by atoms with van der Waals surface area (Å²) < 4.78 is 0. The van der Waals surface area contributed by atoms with Crippen molar-refractivity contribution in [3.63, 3.8) is 0 Å². The number of halogens is 1. The second-order valence-electron chi connectivity index (χ2n) is 5.54. The molecule has 5 nitrogen and oxygen atoms in total. The minimum atomic E-state index is -0.0163. The number of nitrogens with one attached hydrogen (secondary N) is 2. The van der Waals surface area contributed by atoms with E-state index in [1.54, 1.807) is 23.1 Å². The van der Waals surface area contributed by atoms with E-state index in [2.05, 4.69) is 10.6 Å². The molecule has 1 aliphatic rings. The third kappa shape index (κ3) is 6.00. The van der Waals surface area contributed by atoms with Gasteiger partial charge in [0.1, 0.15) is 0 Å². The molecule has 1 fully saturated rings. The van der Waals surface area contributed by atoms with Gasteiger partial charge in [0, 0.05) is 54.9 Å². The van der Waals surface area contributed by atoms with Crippen molar-refractivity contribution in [2.75, 3.05) is 36.5 Å². The molecule has 24 heavy (non-hydrogen) atoms. The summed E-state index contributed by atoms with van der Waals surface area (Å²) in [5.74, 6) is 2.05. The number of anilines is 1. The highest BCUT2D eigenvalue weighted by Gasteiger charge is 2.17. The molecule has 2 rings (SSSR count). The third-order valence-corrected chi connectivity index (χ3v) is 5.01. The fourth-order valence-electron chi connectivity index (χ4n) is 2.61. The maximum Gasteiger partial charge on any atom is 0.253 e. The molecule has 2 N–H and O–H groups in total. The number of thioether (sulfide) groups is 1. The van der Waals surface area contributed by atoms with E-state index < -0.39 is 0 Å². The normalized spacial score (nSPS) is 16.8. The topological polar surface area (TPSA) is 61.4 Å². The molecule has 0 saturated carbocycles. The monoisotopic (exact) mass is 371 g/mol. The first-order valence-electron chi connectivity index (χ1n) is 8.14. The smallest absolute Gasteiger partial charge is 0.253 e. The molecule has 1 aromatic rings. The van der Waals surface area contributed by atoms with Crippen LogP contribution in [0.15, 0.2) is 24.3 Å². The molecule has 7 heteroatoms. The molecule has 1 aliphatic heterocycles. The van der Waals surface area contributed by atoms with Crippen molar-refractivity contribution < 1.29 is 9.59 Å². The first-order valence-corrected chi connectivity index (χ1v) is 9.29. The van der Waals surface area contributed by atoms with Crippen LogP contribution in [0.25, 0.3) is 0 Å². The lowest BCUT2D eigenvalue weighted by atomic mass is 10.1. The number of carbonyl (C=O) groups excluding carboxylic acids is 2. The molecule has 0 radical (unpaired) electrons. The fourth-order valence-corrected chi connectivity index (χ4v) is 3.56. The van der Waals surface area contributed by atoms with Crippen LogP contribution >= 0.6 is 24.2 Å². The Bertz CT molecular complexity index is 546. The second kappa shape index (κ2) is 10.6. The zero-order valence-corrected chi connectivity index (χ0v) is 15.8. The third-order valence-electron chi connectivity index (χ3n) is 3.87. The number of rotatable bonds is 6. The van der Waals surface area contributed by atoms with Gasteiger partial charge in [0.05, 0.1) is 0 Å². The van der Waals surface area contributed by atoms with Gasteiger partial charge >= 0.3 is 0 Å². The Kier molecular flexibility index (Phi) is 9.18. The standard InChI is InChI=1S/C17H25N3O2S.ClH/c1-3-20(4-2)17(22)13-6-5-7-14(10-13)19-16(21)11-15-12-23-9-8-18-15;/h5-7,10,15,18H,3-4,8-9,11-12H2,1-2H3,(H,19,21);1H. The summed E-state index contributed by atoms with van der Waals surface area (Å²) in [6, 6.07) is 7.40. The second-order valence-corrected chi connectivity index (χ2v) is 6.69. The van der Waals surface area contributed by atoms with Gasteiger partial charge in [-0.3, -0.25) is 9.59 Å². The van der Waals surface area contributed by atoms with Gasteiger partial charge in [0.15, 0.2) is 0 Å². The van der Waals surface area contributed by atoms with Crippen molar-refractivity contribution in [3.8, 4) is 0 Å². The van der Waals surface area contributed by atoms with Crippen molar-refractivity contribution in [1.29, 1.82) is 0 Å². The number of amides is 2. The lowest BCUT2D eigenvalue weighted by molar-refractivity contribution is -0.116. The van der Waals surface area contributed by atoms with Crippen molar-refractivity contribution in [2.45, 2.75) is 26.3 Å². The number of carbonyl (C=O) groups is 2. The first-order chi connectivity index (χ1) is 11.1. The number of hydrogen-bond donors (Lipinski definition) is 2. The summed E-state index contributed by atoms with van der Waals surface area (Å²) >= 11 is 1.87. The van der Waals surface area contributed by atoms with Gasteiger partial charge in [0.2, 0.25) is 5.91 Å². The van der Waals surface area contributed by atoms with E-state index in [1.807, 2.05) is 31.7 Å². The average Bonchev–Trinajstić information content (AvgIpc) is 2.57. The van der Waals surface area contributed by atoms with E-state index in [0.29, 0.717) is 30.8 Å². The molecule has 1 unspecified atom stereocenters. The molecule has 134 valence electrons. The highest BCUT2D eigenvalue weighted by molar-refractivity contribution is 7.99. The van der Waals surface area contributed by atoms with Crippen LogP contribution in [0.5, 0.6) is 0 Å². The van der Waals surface area contributed by atoms with E-state index in [4.69, 9.17) is 0 Å². The Morgan fingerprint density at radius 1 is 1.33 bits per heavy atom. The molecule has 0 aromatic heterocycles. The van der Waals surface area contributed by atoms with E-state index in [1.165, 1.54) is 0 Å². The summed E-state index contributed by atoms with van der Waals surface area (Å²) in [6.45, 7) is 6.23. The van der Waals surface area contributed by atoms with Gasteiger partial charge in [-0.1, -0.05) is 6.07 Å². The minimum absolute atomic E-state index is 0. The Hall–Kier alpha value is -1.24. The predicted octanol–water partition coefficient (Wildman–Crippen LogP) is 2.62. The van der Waals surface area contributed by atoms with Crippen LogP contribution in [0.4, 0.5) is 5.69 Å². The van der Waals surface area contributed by atoms with E-state index in [0.717, 1.165) is 18.1 Å². The zero-order chi connectivity index (χ0) is 16.7. The molecule has 1 atom stereocenters. The Morgan fingerprint density at radius 3 is 2.71 bits per heavy atom. The predicted molar refractivity (Wildman–Crippen MR) is 103 cm³/mol. The molecule has 0 aliphatic carbocycles. The van der Waals surface area contributed by atoms with Crippen LogP contribution in [0, 0.1) is 0 Å². The van der Waals surface area contributed by atoms with Crippen LogP contribution in [0.3, 0.4) is 0 Å². The Labute approximate surface area is 154 Å². The summed E-state index contributed by atoms with van der Waals surface area (Å²) in [6.07, 6.45) is 0.460. The molecule has 1 saturated heterocycles. The minimum Gasteiger partial charge on any atom is -0.339 e. The lowest BCUT2D eigenvalue weighted by Crippen LogP contribution is -2.39. The highest BCUT2D eigenvalue weighted by Crippen LogP contribution is 2.15. The van der Waals surface area contributed by atoms with Gasteiger partial charge in [-0.25, -0.2) is 0 Å². The van der Waals surface area contributed by atoms with Gasteiger partial charge in [-0.2, -0.15) is 11.8 Å². The number of nitrogens with zero attached hydrogens (tertiary/aromatic N) is 1. The quantitative estimate of drug-likeness (QED) is 0.807. The van der Waals surface area contributed by atoms with E-state index in [9.17, 15) is 9.59 Å². The Morgan fingerprint density at radius 2 is 2.08 bits per heavy atom. The summed E-state index contributed by atoms with van der Waals surface area (Å²) in [5.41, 5.74) is 1.29. The molecule has 1 heterocycles. The fraction of sp³-hybridized carbons (Fsp3) is 0.529. The molecule has 0 bridgehead atoms. The highest BCUT2D eigenvalue weighted by atomic mass is 35.5. The van der Waals surface area contributed by atoms with Crippen molar-refractivity contribution in [3.05, 3.63) is 29.8 Å².